The maximum atomic E-state index is 12.6. The average Bonchev–Trinajstić information content (AvgIpc) is 3.29. The molecule has 0 aliphatic rings. The number of aromatic amines is 1. The molecule has 0 unspecified atom stereocenters. The highest BCUT2D eigenvalue weighted by molar-refractivity contribution is 7.88. The molecule has 3 N–H and O–H groups in total. The number of nitrogens with zero attached hydrogens (tertiary/aromatic N) is 2. The predicted octanol–water partition coefficient (Wildman–Crippen LogP) is 4.83. The summed E-state index contributed by atoms with van der Waals surface area (Å²) in [6.45, 7) is 11.0. The standard InChI is InChI=1S/C16H11F3N4O4S.C7H18OSi/c17-16(18,19)28(25,26)27-12-7-2-1-6-11(12)9-4-3-5-10(8-9)14-21-15(13(20)24)23-22-14;1-5-8-6-7-9(2,3)4/h1-8H,(H2,20,24)(H,21,22,23);5-7H2,1-4H3. The summed E-state index contributed by atoms with van der Waals surface area (Å²) in [5, 5.41) is 6.20. The molecule has 1 amide bonds. The van der Waals surface area contributed by atoms with Crippen molar-refractivity contribution in [2.24, 2.45) is 5.73 Å². The Hall–Kier alpha value is -3.23. The number of hydrogen-bond acceptors (Lipinski definition) is 7. The molecular weight excluding hydrogens is 529 g/mol. The normalized spacial score (nSPS) is 12.0. The van der Waals surface area contributed by atoms with Crippen LogP contribution in [0.15, 0.2) is 48.5 Å². The first-order valence-electron chi connectivity index (χ1n) is 11.1. The molecule has 37 heavy (non-hydrogen) atoms. The largest absolute Gasteiger partial charge is 0.534 e. The highest BCUT2D eigenvalue weighted by Gasteiger charge is 2.48. The van der Waals surface area contributed by atoms with Crippen LogP contribution in [0.2, 0.25) is 25.7 Å². The number of ether oxygens (including phenoxy) is 1. The highest BCUT2D eigenvalue weighted by Crippen LogP contribution is 2.35. The summed E-state index contributed by atoms with van der Waals surface area (Å²) in [7, 11) is -6.65. The Morgan fingerprint density at radius 1 is 1.08 bits per heavy atom. The smallest absolute Gasteiger partial charge is 0.382 e. The van der Waals surface area contributed by atoms with E-state index in [2.05, 4.69) is 39.0 Å². The van der Waals surface area contributed by atoms with Gasteiger partial charge in [-0.25, -0.2) is 4.98 Å². The van der Waals surface area contributed by atoms with Gasteiger partial charge >= 0.3 is 15.6 Å². The number of primary amides is 1. The fraction of sp³-hybridized carbons (Fsp3) is 0.348. The van der Waals surface area contributed by atoms with Crippen LogP contribution in [0.1, 0.15) is 17.5 Å². The molecule has 1 heterocycles. The number of carbonyl (C=O) groups excluding carboxylic acids is 1. The van der Waals surface area contributed by atoms with E-state index in [0.29, 0.717) is 11.1 Å². The third-order valence-corrected chi connectivity index (χ3v) is 7.39. The van der Waals surface area contributed by atoms with Crippen molar-refractivity contribution in [3.8, 4) is 28.3 Å². The fourth-order valence-corrected chi connectivity index (χ4v) is 4.03. The van der Waals surface area contributed by atoms with E-state index in [9.17, 15) is 26.4 Å². The predicted molar refractivity (Wildman–Crippen MR) is 136 cm³/mol. The van der Waals surface area contributed by atoms with Crippen LogP contribution in [0.5, 0.6) is 5.75 Å². The molecule has 0 atom stereocenters. The summed E-state index contributed by atoms with van der Waals surface area (Å²) in [6, 6.07) is 12.8. The second-order valence-corrected chi connectivity index (χ2v) is 16.1. The molecule has 0 saturated heterocycles. The molecule has 0 aliphatic carbocycles. The van der Waals surface area contributed by atoms with Gasteiger partial charge in [-0.15, -0.1) is 0 Å². The first-order valence-corrected chi connectivity index (χ1v) is 16.3. The van der Waals surface area contributed by atoms with Gasteiger partial charge in [-0.05, 0) is 30.7 Å². The van der Waals surface area contributed by atoms with Crippen LogP contribution in [0, 0.1) is 0 Å². The van der Waals surface area contributed by atoms with Gasteiger partial charge in [0.15, 0.2) is 11.6 Å². The van der Waals surface area contributed by atoms with Crippen molar-refractivity contribution in [2.45, 2.75) is 38.1 Å². The third-order valence-electron chi connectivity index (χ3n) is 4.72. The van der Waals surface area contributed by atoms with Gasteiger partial charge in [-0.2, -0.15) is 26.7 Å². The first kappa shape index (κ1) is 30.0. The number of halogens is 3. The van der Waals surface area contributed by atoms with Gasteiger partial charge in [-0.3, -0.25) is 9.89 Å². The third kappa shape index (κ3) is 8.98. The second-order valence-electron chi connectivity index (χ2n) is 8.94. The highest BCUT2D eigenvalue weighted by atomic mass is 32.2. The minimum Gasteiger partial charge on any atom is -0.382 e. The van der Waals surface area contributed by atoms with E-state index < -0.39 is 35.4 Å². The van der Waals surface area contributed by atoms with E-state index in [1.807, 2.05) is 6.92 Å². The van der Waals surface area contributed by atoms with Gasteiger partial charge in [0.2, 0.25) is 5.82 Å². The average molecular weight is 559 g/mol. The van der Waals surface area contributed by atoms with E-state index in [4.69, 9.17) is 10.5 Å². The van der Waals surface area contributed by atoms with Gasteiger partial charge < -0.3 is 14.7 Å². The van der Waals surface area contributed by atoms with Crippen LogP contribution in [0.3, 0.4) is 0 Å². The quantitative estimate of drug-likeness (QED) is 0.166. The van der Waals surface area contributed by atoms with E-state index >= 15 is 0 Å². The molecule has 9 nitrogen and oxygen atoms in total. The Balaban J connectivity index is 0.000000458. The van der Waals surface area contributed by atoms with Gasteiger partial charge in [-0.1, -0.05) is 56.0 Å². The Labute approximate surface area is 214 Å². The molecule has 0 spiro atoms. The summed E-state index contributed by atoms with van der Waals surface area (Å²) in [5.74, 6) is -1.35. The number of amides is 1. The maximum Gasteiger partial charge on any atom is 0.534 e. The number of benzene rings is 2. The Kier molecular flexibility index (Phi) is 10.0. The number of para-hydroxylation sites is 1. The zero-order chi connectivity index (χ0) is 27.9. The maximum absolute atomic E-state index is 12.6. The van der Waals surface area contributed by atoms with Crippen molar-refractivity contribution in [1.29, 1.82) is 0 Å². The second kappa shape index (κ2) is 12.3. The van der Waals surface area contributed by atoms with Crippen LogP contribution < -0.4 is 9.92 Å². The van der Waals surface area contributed by atoms with E-state index in [1.165, 1.54) is 36.4 Å². The van der Waals surface area contributed by atoms with Crippen LogP contribution in [-0.4, -0.2) is 56.3 Å². The van der Waals surface area contributed by atoms with Crippen LogP contribution >= 0.6 is 0 Å². The van der Waals surface area contributed by atoms with E-state index in [-0.39, 0.29) is 17.2 Å². The molecule has 14 heteroatoms. The lowest BCUT2D eigenvalue weighted by Gasteiger charge is -2.14. The lowest BCUT2D eigenvalue weighted by Crippen LogP contribution is -2.28. The summed E-state index contributed by atoms with van der Waals surface area (Å²) in [5.41, 5.74) is 0.394. The molecular formula is C23H29F3N4O5SSi. The number of alkyl halides is 3. The lowest BCUT2D eigenvalue weighted by molar-refractivity contribution is -0.0499. The Morgan fingerprint density at radius 2 is 1.73 bits per heavy atom. The number of H-pyrrole nitrogens is 1. The minimum absolute atomic E-state index is 0.0998. The summed E-state index contributed by atoms with van der Waals surface area (Å²) >= 11 is 0. The minimum atomic E-state index is -5.83. The summed E-state index contributed by atoms with van der Waals surface area (Å²) < 4.78 is 70.1. The Morgan fingerprint density at radius 3 is 2.30 bits per heavy atom. The van der Waals surface area contributed by atoms with Crippen LogP contribution in [0.25, 0.3) is 22.5 Å². The van der Waals surface area contributed by atoms with E-state index in [1.54, 1.807) is 12.1 Å². The fourth-order valence-electron chi connectivity index (χ4n) is 2.79. The molecule has 1 aromatic heterocycles. The molecule has 0 saturated carbocycles. The zero-order valence-electron chi connectivity index (χ0n) is 20.8. The SMILES string of the molecule is CCOCC[Si](C)(C)C.NC(=O)c1nc(-c2cccc(-c3ccccc3OS(=O)(=O)C(F)(F)F)c2)n[nH]1. The number of carbonyl (C=O) groups is 1. The Bertz CT molecular complexity index is 1310. The number of hydrogen-bond donors (Lipinski definition) is 2. The molecule has 2 aromatic carbocycles. The number of rotatable bonds is 9. The number of nitrogens with two attached hydrogens (primary N) is 1. The lowest BCUT2D eigenvalue weighted by atomic mass is 10.0. The van der Waals surface area contributed by atoms with Gasteiger partial charge in [0.25, 0.3) is 5.91 Å². The molecule has 3 aromatic rings. The van der Waals surface area contributed by atoms with Crippen molar-refractivity contribution in [1.82, 2.24) is 15.2 Å². The molecule has 0 aliphatic heterocycles. The van der Waals surface area contributed by atoms with Gasteiger partial charge in [0.05, 0.1) is 0 Å². The molecule has 0 fully saturated rings. The molecule has 202 valence electrons. The van der Waals surface area contributed by atoms with Crippen molar-refractivity contribution >= 4 is 24.1 Å². The van der Waals surface area contributed by atoms with Crippen LogP contribution in [0.4, 0.5) is 13.2 Å². The van der Waals surface area contributed by atoms with Gasteiger partial charge in [0, 0.05) is 32.4 Å². The monoisotopic (exact) mass is 558 g/mol. The number of aromatic nitrogens is 3. The molecule has 3 rings (SSSR count). The first-order chi connectivity index (χ1) is 17.1. The molecule has 0 bridgehead atoms. The summed E-state index contributed by atoms with van der Waals surface area (Å²) in [6.07, 6.45) is 0. The van der Waals surface area contributed by atoms with Crippen molar-refractivity contribution < 1.29 is 35.3 Å². The summed E-state index contributed by atoms with van der Waals surface area (Å²) in [4.78, 5) is 15.0. The van der Waals surface area contributed by atoms with E-state index in [0.717, 1.165) is 19.3 Å². The van der Waals surface area contributed by atoms with Gasteiger partial charge in [0.1, 0.15) is 0 Å². The topological polar surface area (TPSA) is 137 Å². The molecule has 0 radical (unpaired) electrons. The van der Waals surface area contributed by atoms with Crippen LogP contribution in [-0.2, 0) is 14.9 Å². The van der Waals surface area contributed by atoms with Crippen molar-refractivity contribution in [2.75, 3.05) is 13.2 Å². The van der Waals surface area contributed by atoms with Crippen molar-refractivity contribution in [3.63, 3.8) is 0 Å². The van der Waals surface area contributed by atoms with Crippen molar-refractivity contribution in [3.05, 3.63) is 54.4 Å². The zero-order valence-corrected chi connectivity index (χ0v) is 22.6. The number of nitrogens with one attached hydrogen (secondary N) is 1.